The van der Waals surface area contributed by atoms with Crippen LogP contribution in [-0.2, 0) is 0 Å². The molecule has 2 atom stereocenters. The van der Waals surface area contributed by atoms with Crippen molar-refractivity contribution in [1.82, 2.24) is 4.98 Å². The number of benzene rings is 3. The third kappa shape index (κ3) is 5.88. The van der Waals surface area contributed by atoms with Gasteiger partial charge in [-0.1, -0.05) is 36.4 Å². The van der Waals surface area contributed by atoms with Gasteiger partial charge in [-0.3, -0.25) is 4.98 Å². The van der Waals surface area contributed by atoms with Crippen LogP contribution in [0.2, 0.25) is 0 Å². The van der Waals surface area contributed by atoms with Gasteiger partial charge in [0.25, 0.3) is 0 Å². The molecule has 0 fully saturated rings. The van der Waals surface area contributed by atoms with Crippen molar-refractivity contribution in [3.8, 4) is 23.0 Å². The van der Waals surface area contributed by atoms with Gasteiger partial charge in [-0.15, -0.1) is 0 Å². The van der Waals surface area contributed by atoms with Gasteiger partial charge >= 0.3 is 0 Å². The van der Waals surface area contributed by atoms with Crippen molar-refractivity contribution in [3.63, 3.8) is 0 Å². The second-order valence-corrected chi connectivity index (χ2v) is 8.84. The van der Waals surface area contributed by atoms with E-state index in [4.69, 9.17) is 18.9 Å². The molecule has 0 aliphatic heterocycles. The summed E-state index contributed by atoms with van der Waals surface area (Å²) >= 11 is 5.66. The molecule has 1 heterocycles. The maximum Gasteiger partial charge on any atom is 0.192 e. The highest BCUT2D eigenvalue weighted by atomic mass is 127. The van der Waals surface area contributed by atoms with E-state index in [0.717, 1.165) is 39.6 Å². The summed E-state index contributed by atoms with van der Waals surface area (Å²) in [6.45, 7) is 0. The zero-order valence-electron chi connectivity index (χ0n) is 18.0. The van der Waals surface area contributed by atoms with Crippen LogP contribution in [0.5, 0.6) is 23.0 Å². The van der Waals surface area contributed by atoms with Crippen molar-refractivity contribution in [3.05, 3.63) is 114 Å². The normalized spacial score (nSPS) is 12.5. The Labute approximate surface area is 241 Å². The third-order valence-electron chi connectivity index (χ3n) is 5.63. The fraction of sp³-hybridized carbons (Fsp3) is 0.115. The minimum absolute atomic E-state index is 0.0144. The summed E-state index contributed by atoms with van der Waals surface area (Å²) in [5, 5.41) is 0. The van der Waals surface area contributed by atoms with Crippen molar-refractivity contribution in [2.45, 2.75) is 11.8 Å². The van der Waals surface area contributed by atoms with E-state index in [2.05, 4.69) is 36.4 Å². The SMILES string of the molecule is COc1ccc(C(c2ccc(OI)cc2)C(c2ccc(OI)cc2)c2ccc(OI)cn2)cc1. The maximum atomic E-state index is 5.41. The molecule has 0 saturated carbocycles. The average Bonchev–Trinajstić information content (AvgIpc) is 2.92. The molecule has 34 heavy (non-hydrogen) atoms. The Morgan fingerprint density at radius 2 is 0.941 bits per heavy atom. The van der Waals surface area contributed by atoms with Gasteiger partial charge in [0, 0.05) is 17.5 Å². The first kappa shape index (κ1) is 25.3. The first-order valence-electron chi connectivity index (χ1n) is 10.3. The molecule has 174 valence electrons. The molecule has 4 aromatic rings. The molecule has 2 unspecified atom stereocenters. The van der Waals surface area contributed by atoms with Gasteiger partial charge in [0.15, 0.2) is 74.8 Å². The molecular weight excluding hydrogens is 771 g/mol. The van der Waals surface area contributed by atoms with E-state index >= 15 is 0 Å². The summed E-state index contributed by atoms with van der Waals surface area (Å²) < 4.78 is 21.5. The first-order chi connectivity index (χ1) is 16.7. The minimum atomic E-state index is -0.0636. The van der Waals surface area contributed by atoms with E-state index in [1.54, 1.807) is 13.3 Å². The lowest BCUT2D eigenvalue weighted by atomic mass is 9.75. The second-order valence-electron chi connectivity index (χ2n) is 7.52. The molecule has 0 aliphatic rings. The average molecular weight is 791 g/mol. The van der Waals surface area contributed by atoms with E-state index in [9.17, 15) is 0 Å². The second kappa shape index (κ2) is 12.2. The van der Waals surface area contributed by atoms with E-state index in [1.165, 1.54) is 0 Å². The summed E-state index contributed by atoms with van der Waals surface area (Å²) in [7, 11) is 1.68. The molecule has 4 rings (SSSR count). The fourth-order valence-corrected chi connectivity index (χ4v) is 4.84. The number of hydrogen-bond acceptors (Lipinski definition) is 5. The van der Waals surface area contributed by atoms with Gasteiger partial charge < -0.3 is 13.9 Å². The molecular formula is C26H20I3NO4. The highest BCUT2D eigenvalue weighted by molar-refractivity contribution is 14.1. The van der Waals surface area contributed by atoms with Crippen molar-refractivity contribution in [2.24, 2.45) is 0 Å². The van der Waals surface area contributed by atoms with E-state index in [0.29, 0.717) is 5.75 Å². The molecule has 0 radical (unpaired) electrons. The van der Waals surface area contributed by atoms with Crippen LogP contribution in [0.15, 0.2) is 91.1 Å². The number of nitrogens with zero attached hydrogens (tertiary/aromatic N) is 1. The molecule has 0 spiro atoms. The summed E-state index contributed by atoms with van der Waals surface area (Å²) in [6.07, 6.45) is 1.76. The molecule has 5 nitrogen and oxygen atoms in total. The lowest BCUT2D eigenvalue weighted by Crippen LogP contribution is -2.16. The third-order valence-corrected chi connectivity index (χ3v) is 7.16. The van der Waals surface area contributed by atoms with Gasteiger partial charge in [0.1, 0.15) is 17.2 Å². The van der Waals surface area contributed by atoms with Crippen molar-refractivity contribution < 1.29 is 13.9 Å². The Kier molecular flexibility index (Phi) is 9.11. The van der Waals surface area contributed by atoms with Crippen LogP contribution in [-0.4, -0.2) is 12.1 Å². The van der Waals surface area contributed by atoms with Gasteiger partial charge in [-0.05, 0) is 65.2 Å². The van der Waals surface area contributed by atoms with Gasteiger partial charge in [0.05, 0.1) is 13.3 Å². The van der Waals surface area contributed by atoms with Crippen LogP contribution >= 0.6 is 69.0 Å². The van der Waals surface area contributed by atoms with Crippen molar-refractivity contribution >= 4 is 69.0 Å². The highest BCUT2D eigenvalue weighted by Crippen LogP contribution is 2.43. The van der Waals surface area contributed by atoms with Crippen LogP contribution in [0.3, 0.4) is 0 Å². The van der Waals surface area contributed by atoms with Gasteiger partial charge in [-0.2, -0.15) is 0 Å². The monoisotopic (exact) mass is 791 g/mol. The first-order valence-corrected chi connectivity index (χ1v) is 13.0. The Morgan fingerprint density at radius 1 is 0.529 bits per heavy atom. The summed E-state index contributed by atoms with van der Waals surface area (Å²) in [4.78, 5) is 4.80. The van der Waals surface area contributed by atoms with Crippen LogP contribution in [0.1, 0.15) is 34.2 Å². The number of ether oxygens (including phenoxy) is 1. The molecule has 1 aromatic heterocycles. The van der Waals surface area contributed by atoms with Gasteiger partial charge in [0.2, 0.25) is 0 Å². The standard InChI is InChI=1S/C26H20I3NO4/c1-31-20-8-2-17(3-9-20)25(18-4-10-21(32-27)11-5-18)26(19-6-12-22(33-28)13-7-19)24-15-14-23(34-29)16-30-24/h2-16,25-26H,1H3. The molecule has 0 N–H and O–H groups in total. The molecule has 3 aromatic carbocycles. The van der Waals surface area contributed by atoms with Crippen molar-refractivity contribution in [1.29, 1.82) is 0 Å². The Bertz CT molecular complexity index is 993. The molecule has 0 amide bonds. The van der Waals surface area contributed by atoms with E-state index in [1.807, 2.05) is 118 Å². The highest BCUT2D eigenvalue weighted by Gasteiger charge is 2.29. The number of rotatable bonds is 9. The smallest absolute Gasteiger partial charge is 0.192 e. The maximum absolute atomic E-state index is 5.41. The number of hydrogen-bond donors (Lipinski definition) is 0. The Hall–Kier alpha value is -1.80. The number of aromatic nitrogens is 1. The van der Waals surface area contributed by atoms with Crippen LogP contribution in [0.25, 0.3) is 0 Å². The lowest BCUT2D eigenvalue weighted by Gasteiger charge is -2.29. The number of halogens is 3. The predicted octanol–water partition coefficient (Wildman–Crippen LogP) is 8.24. The van der Waals surface area contributed by atoms with Crippen LogP contribution in [0.4, 0.5) is 0 Å². The molecule has 0 saturated heterocycles. The number of methoxy groups -OCH3 is 1. The Morgan fingerprint density at radius 3 is 1.32 bits per heavy atom. The zero-order valence-corrected chi connectivity index (χ0v) is 24.5. The zero-order chi connectivity index (χ0) is 23.9. The van der Waals surface area contributed by atoms with Crippen LogP contribution in [0, 0.1) is 0 Å². The molecule has 8 heteroatoms. The van der Waals surface area contributed by atoms with Gasteiger partial charge in [-0.25, -0.2) is 0 Å². The van der Waals surface area contributed by atoms with Crippen molar-refractivity contribution in [2.75, 3.05) is 7.11 Å². The Balaban J connectivity index is 1.90. The molecule has 0 aliphatic carbocycles. The number of pyridine rings is 1. The minimum Gasteiger partial charge on any atom is -0.497 e. The quantitative estimate of drug-likeness (QED) is 0.160. The summed E-state index contributed by atoms with van der Waals surface area (Å²) in [5.41, 5.74) is 4.37. The largest absolute Gasteiger partial charge is 0.497 e. The summed E-state index contributed by atoms with van der Waals surface area (Å²) in [6, 6.07) is 28.6. The molecule has 0 bridgehead atoms. The summed E-state index contributed by atoms with van der Waals surface area (Å²) in [5.74, 6) is 3.05. The van der Waals surface area contributed by atoms with Crippen LogP contribution < -0.4 is 13.9 Å². The fourth-order valence-electron chi connectivity index (χ4n) is 4.00. The lowest BCUT2D eigenvalue weighted by molar-refractivity contribution is 0.414. The predicted molar refractivity (Wildman–Crippen MR) is 158 cm³/mol. The van der Waals surface area contributed by atoms with E-state index in [-0.39, 0.29) is 11.8 Å². The topological polar surface area (TPSA) is 49.8 Å². The van der Waals surface area contributed by atoms with E-state index < -0.39 is 0 Å².